The molecule has 3 nitrogen and oxygen atoms in total. The van der Waals surface area contributed by atoms with Crippen molar-refractivity contribution in [3.8, 4) is 0 Å². The first-order chi connectivity index (χ1) is 6.74. The largest absolute Gasteiger partial charge is 0.379 e. The summed E-state index contributed by atoms with van der Waals surface area (Å²) in [4.78, 5) is 10.9. The van der Waals surface area contributed by atoms with Crippen molar-refractivity contribution in [3.05, 3.63) is 42.0 Å². The van der Waals surface area contributed by atoms with Crippen molar-refractivity contribution in [2.75, 3.05) is 7.05 Å². The van der Waals surface area contributed by atoms with Crippen molar-refractivity contribution in [3.63, 3.8) is 0 Å². The van der Waals surface area contributed by atoms with Crippen LogP contribution in [0.25, 0.3) is 6.08 Å². The van der Waals surface area contributed by atoms with Crippen molar-refractivity contribution in [2.24, 2.45) is 0 Å². The van der Waals surface area contributed by atoms with E-state index in [9.17, 15) is 9.90 Å². The van der Waals surface area contributed by atoms with Gasteiger partial charge in [0.2, 0.25) is 0 Å². The van der Waals surface area contributed by atoms with Crippen LogP contribution in [0.3, 0.4) is 0 Å². The van der Waals surface area contributed by atoms with Gasteiger partial charge >= 0.3 is 0 Å². The van der Waals surface area contributed by atoms with Crippen LogP contribution in [-0.4, -0.2) is 24.2 Å². The SMILES string of the molecule is CNC(=O)C(O)C=Cc1ccccc1. The van der Waals surface area contributed by atoms with Crippen molar-refractivity contribution < 1.29 is 9.90 Å². The molecule has 3 heteroatoms. The molecule has 0 aliphatic heterocycles. The van der Waals surface area contributed by atoms with E-state index in [0.29, 0.717) is 0 Å². The van der Waals surface area contributed by atoms with Crippen LogP contribution in [0, 0.1) is 0 Å². The second-order valence-electron chi connectivity index (χ2n) is 2.83. The van der Waals surface area contributed by atoms with Gasteiger partial charge in [-0.05, 0) is 11.6 Å². The summed E-state index contributed by atoms with van der Waals surface area (Å²) in [5.74, 6) is -0.405. The zero-order valence-electron chi connectivity index (χ0n) is 7.97. The van der Waals surface area contributed by atoms with Crippen LogP contribution in [0.5, 0.6) is 0 Å². The second kappa shape index (κ2) is 5.19. The van der Waals surface area contributed by atoms with Crippen molar-refractivity contribution in [1.82, 2.24) is 5.32 Å². The summed E-state index contributed by atoms with van der Waals surface area (Å²) in [6.07, 6.45) is 2.08. The minimum absolute atomic E-state index is 0.405. The quantitative estimate of drug-likeness (QED) is 0.742. The standard InChI is InChI=1S/C11H13NO2/c1-12-11(14)10(13)8-7-9-5-3-2-4-6-9/h2-8,10,13H,1H3,(H,12,14). The van der Waals surface area contributed by atoms with E-state index < -0.39 is 12.0 Å². The van der Waals surface area contributed by atoms with Crippen LogP contribution in [0.2, 0.25) is 0 Å². The maximum Gasteiger partial charge on any atom is 0.252 e. The van der Waals surface area contributed by atoms with Gasteiger partial charge in [0.25, 0.3) is 5.91 Å². The average molecular weight is 191 g/mol. The fraction of sp³-hybridized carbons (Fsp3) is 0.182. The van der Waals surface area contributed by atoms with E-state index in [4.69, 9.17) is 0 Å². The Kier molecular flexibility index (Phi) is 3.88. The highest BCUT2D eigenvalue weighted by Crippen LogP contribution is 2.01. The third-order valence-electron chi connectivity index (χ3n) is 1.79. The molecule has 74 valence electrons. The van der Waals surface area contributed by atoms with E-state index in [1.54, 1.807) is 6.08 Å². The summed E-state index contributed by atoms with van der Waals surface area (Å²) in [7, 11) is 1.49. The molecule has 14 heavy (non-hydrogen) atoms. The topological polar surface area (TPSA) is 49.3 Å². The van der Waals surface area contributed by atoms with E-state index in [-0.39, 0.29) is 0 Å². The van der Waals surface area contributed by atoms with E-state index in [2.05, 4.69) is 5.32 Å². The number of likely N-dealkylation sites (N-methyl/N-ethyl adjacent to an activating group) is 1. The Morgan fingerprint density at radius 2 is 2.07 bits per heavy atom. The molecule has 0 radical (unpaired) electrons. The molecule has 0 aliphatic rings. The third-order valence-corrected chi connectivity index (χ3v) is 1.79. The number of rotatable bonds is 3. The monoisotopic (exact) mass is 191 g/mol. The molecule has 0 aromatic heterocycles. The van der Waals surface area contributed by atoms with Gasteiger partial charge in [-0.15, -0.1) is 0 Å². The smallest absolute Gasteiger partial charge is 0.252 e. The molecule has 1 rings (SSSR count). The Hall–Kier alpha value is -1.61. The van der Waals surface area contributed by atoms with Gasteiger partial charge < -0.3 is 10.4 Å². The fourth-order valence-electron chi connectivity index (χ4n) is 1.00. The van der Waals surface area contributed by atoms with Crippen LogP contribution in [0.15, 0.2) is 36.4 Å². The van der Waals surface area contributed by atoms with Crippen LogP contribution >= 0.6 is 0 Å². The Morgan fingerprint density at radius 1 is 1.43 bits per heavy atom. The maximum absolute atomic E-state index is 10.9. The number of benzene rings is 1. The number of nitrogens with one attached hydrogen (secondary N) is 1. The molecule has 1 unspecified atom stereocenters. The normalized spacial score (nSPS) is 12.7. The van der Waals surface area contributed by atoms with Crippen LogP contribution in [-0.2, 0) is 4.79 Å². The van der Waals surface area contributed by atoms with Crippen LogP contribution < -0.4 is 5.32 Å². The van der Waals surface area contributed by atoms with E-state index >= 15 is 0 Å². The lowest BCUT2D eigenvalue weighted by atomic mass is 10.2. The summed E-state index contributed by atoms with van der Waals surface area (Å²) >= 11 is 0. The number of carbonyl (C=O) groups excluding carboxylic acids is 1. The molecule has 0 saturated heterocycles. The van der Waals surface area contributed by atoms with E-state index in [1.165, 1.54) is 13.1 Å². The lowest BCUT2D eigenvalue weighted by molar-refractivity contribution is -0.126. The summed E-state index contributed by atoms with van der Waals surface area (Å²) < 4.78 is 0. The molecule has 0 saturated carbocycles. The van der Waals surface area contributed by atoms with E-state index in [0.717, 1.165) is 5.56 Å². The number of aliphatic hydroxyl groups excluding tert-OH is 1. The Labute approximate surface area is 83.1 Å². The van der Waals surface area contributed by atoms with Crippen LogP contribution in [0.4, 0.5) is 0 Å². The number of carbonyl (C=O) groups is 1. The van der Waals surface area contributed by atoms with Crippen molar-refractivity contribution >= 4 is 12.0 Å². The summed E-state index contributed by atoms with van der Waals surface area (Å²) in [6, 6.07) is 9.49. The van der Waals surface area contributed by atoms with Crippen molar-refractivity contribution in [2.45, 2.75) is 6.10 Å². The first-order valence-electron chi connectivity index (χ1n) is 4.37. The predicted molar refractivity (Wildman–Crippen MR) is 55.5 cm³/mol. The molecule has 0 fully saturated rings. The number of aliphatic hydroxyl groups is 1. The molecule has 0 aliphatic carbocycles. The molecule has 0 spiro atoms. The molecule has 1 aromatic rings. The second-order valence-corrected chi connectivity index (χ2v) is 2.83. The van der Waals surface area contributed by atoms with Gasteiger partial charge in [0.1, 0.15) is 0 Å². The Morgan fingerprint density at radius 3 is 2.64 bits per heavy atom. The van der Waals surface area contributed by atoms with E-state index in [1.807, 2.05) is 30.3 Å². The van der Waals surface area contributed by atoms with Crippen molar-refractivity contribution in [1.29, 1.82) is 0 Å². The van der Waals surface area contributed by atoms with Gasteiger partial charge in [0.15, 0.2) is 6.10 Å². The first kappa shape index (κ1) is 10.5. The van der Waals surface area contributed by atoms with Gasteiger partial charge in [-0.3, -0.25) is 4.79 Å². The minimum Gasteiger partial charge on any atom is -0.379 e. The molecule has 1 amide bonds. The van der Waals surface area contributed by atoms with Crippen LogP contribution in [0.1, 0.15) is 5.56 Å². The lowest BCUT2D eigenvalue weighted by Crippen LogP contribution is -2.29. The van der Waals surface area contributed by atoms with Gasteiger partial charge in [0.05, 0.1) is 0 Å². The number of hydrogen-bond acceptors (Lipinski definition) is 2. The molecular formula is C11H13NO2. The molecule has 1 atom stereocenters. The van der Waals surface area contributed by atoms with Gasteiger partial charge in [-0.25, -0.2) is 0 Å². The average Bonchev–Trinajstić information content (AvgIpc) is 2.26. The zero-order chi connectivity index (χ0) is 10.4. The molecular weight excluding hydrogens is 178 g/mol. The summed E-state index contributed by atoms with van der Waals surface area (Å²) in [5, 5.41) is 11.6. The zero-order valence-corrected chi connectivity index (χ0v) is 7.97. The first-order valence-corrected chi connectivity index (χ1v) is 4.37. The highest BCUT2D eigenvalue weighted by atomic mass is 16.3. The fourth-order valence-corrected chi connectivity index (χ4v) is 1.00. The summed E-state index contributed by atoms with van der Waals surface area (Å²) in [6.45, 7) is 0. The summed E-state index contributed by atoms with van der Waals surface area (Å²) in [5.41, 5.74) is 0.954. The number of hydrogen-bond donors (Lipinski definition) is 2. The Bertz CT molecular complexity index is 319. The molecule has 2 N–H and O–H groups in total. The Balaban J connectivity index is 2.60. The molecule has 0 heterocycles. The highest BCUT2D eigenvalue weighted by molar-refractivity contribution is 5.83. The maximum atomic E-state index is 10.9. The predicted octanol–water partition coefficient (Wildman–Crippen LogP) is 0.807. The number of amides is 1. The van der Waals surface area contributed by atoms with Gasteiger partial charge in [0, 0.05) is 7.05 Å². The third kappa shape index (κ3) is 3.03. The lowest BCUT2D eigenvalue weighted by Gasteiger charge is -2.02. The molecule has 0 bridgehead atoms. The van der Waals surface area contributed by atoms with Gasteiger partial charge in [-0.2, -0.15) is 0 Å². The minimum atomic E-state index is -1.08. The highest BCUT2D eigenvalue weighted by Gasteiger charge is 2.07. The van der Waals surface area contributed by atoms with Gasteiger partial charge in [-0.1, -0.05) is 36.4 Å². The molecule has 1 aromatic carbocycles.